The summed E-state index contributed by atoms with van der Waals surface area (Å²) in [7, 11) is 0. The molecule has 0 saturated heterocycles. The molecule has 1 atom stereocenters. The predicted octanol–water partition coefficient (Wildman–Crippen LogP) is 13.1. The molecule has 2 aliphatic rings. The second-order valence-corrected chi connectivity index (χ2v) is 14.3. The van der Waals surface area contributed by atoms with E-state index in [1.165, 1.54) is 65.7 Å². The van der Waals surface area contributed by atoms with Gasteiger partial charge >= 0.3 is 0 Å². The van der Waals surface area contributed by atoms with E-state index in [1.54, 1.807) is 0 Å². The fourth-order valence-corrected chi connectivity index (χ4v) is 8.69. The Labute approximate surface area is 315 Å². The van der Waals surface area contributed by atoms with E-state index in [-0.39, 0.29) is 5.41 Å². The average Bonchev–Trinajstić information content (AvgIpc) is 3.57. The van der Waals surface area contributed by atoms with Gasteiger partial charge in [-0.15, -0.1) is 0 Å². The summed E-state index contributed by atoms with van der Waals surface area (Å²) >= 11 is 0. The fourth-order valence-electron chi connectivity index (χ4n) is 8.69. The molecule has 0 saturated carbocycles. The van der Waals surface area contributed by atoms with Crippen LogP contribution in [0.1, 0.15) is 25.0 Å². The van der Waals surface area contributed by atoms with E-state index in [0.29, 0.717) is 5.95 Å². The summed E-state index contributed by atoms with van der Waals surface area (Å²) in [6.07, 6.45) is 25.8. The van der Waals surface area contributed by atoms with Gasteiger partial charge in [-0.1, -0.05) is 158 Å². The van der Waals surface area contributed by atoms with Crippen LogP contribution in [0.5, 0.6) is 0 Å². The first kappa shape index (κ1) is 31.9. The van der Waals surface area contributed by atoms with E-state index < -0.39 is 0 Å². The summed E-state index contributed by atoms with van der Waals surface area (Å²) in [5, 5.41) is 7.25. The molecule has 256 valence electrons. The van der Waals surface area contributed by atoms with Crippen molar-refractivity contribution in [2.75, 3.05) is 0 Å². The fraction of sp³-hybridized carbons (Fsp3) is 0.0588. The maximum absolute atomic E-state index is 5.02. The van der Waals surface area contributed by atoms with Crippen LogP contribution in [0.3, 0.4) is 0 Å². The molecular weight excluding hydrogens is 655 g/mol. The lowest BCUT2D eigenvalue weighted by molar-refractivity contribution is 0.682. The highest BCUT2D eigenvalue weighted by Crippen LogP contribution is 2.47. The largest absolute Gasteiger partial charge is 0.277 e. The highest BCUT2D eigenvalue weighted by Gasteiger charge is 2.36. The number of rotatable bonds is 5. The monoisotopic (exact) mass is 691 g/mol. The Bertz CT molecular complexity index is 2990. The van der Waals surface area contributed by atoms with Crippen LogP contribution in [-0.2, 0) is 5.41 Å². The van der Waals surface area contributed by atoms with Gasteiger partial charge in [-0.05, 0) is 87.2 Å². The number of aromatic nitrogens is 3. The van der Waals surface area contributed by atoms with E-state index in [2.05, 4.69) is 176 Å². The Morgan fingerprint density at radius 1 is 0.556 bits per heavy atom. The molecule has 8 aromatic rings. The molecule has 2 heterocycles. The van der Waals surface area contributed by atoms with Crippen molar-refractivity contribution in [3.63, 3.8) is 0 Å². The van der Waals surface area contributed by atoms with E-state index >= 15 is 0 Å². The normalized spacial score (nSPS) is 16.7. The Balaban J connectivity index is 1.21. The van der Waals surface area contributed by atoms with Crippen molar-refractivity contribution in [1.82, 2.24) is 14.5 Å². The zero-order valence-electron chi connectivity index (χ0n) is 30.2. The number of allylic oxidation sites excluding steroid dienone is 11. The topological polar surface area (TPSA) is 30.7 Å². The lowest BCUT2D eigenvalue weighted by Crippen LogP contribution is -2.29. The van der Waals surface area contributed by atoms with Crippen LogP contribution in [0, 0.1) is 0 Å². The van der Waals surface area contributed by atoms with Gasteiger partial charge in [-0.3, -0.25) is 4.57 Å². The molecule has 3 heteroatoms. The third-order valence-electron chi connectivity index (χ3n) is 11.3. The van der Waals surface area contributed by atoms with Gasteiger partial charge in [0.15, 0.2) is 0 Å². The standard InChI is InChI=1S/C51H37N3/c1-3-15-37-30-35(26-28-46(37)51(2)39-18-8-5-9-19-40(51)21-14-20-39)36-27-29-47-45(31-36)48-43-24-12-10-22-41(43)42-23-11-13-25-44(42)49(48)54(47)50-52-32-38(33-53-50)34-16-6-4-7-17-34/h3-33H,1-2H3/b8-5?,9-5?,15-3-,18-8?,19-9?,39-18?,40-19?. The second-order valence-electron chi connectivity index (χ2n) is 14.3. The van der Waals surface area contributed by atoms with E-state index in [0.717, 1.165) is 22.2 Å². The van der Waals surface area contributed by atoms with Crippen LogP contribution >= 0.6 is 0 Å². The van der Waals surface area contributed by atoms with Crippen LogP contribution < -0.4 is 0 Å². The second kappa shape index (κ2) is 12.7. The third kappa shape index (κ3) is 4.89. The van der Waals surface area contributed by atoms with Crippen molar-refractivity contribution in [3.05, 3.63) is 205 Å². The van der Waals surface area contributed by atoms with Crippen molar-refractivity contribution in [1.29, 1.82) is 0 Å². The minimum absolute atomic E-state index is 0.281. The highest BCUT2D eigenvalue weighted by molar-refractivity contribution is 6.32. The zero-order valence-corrected chi connectivity index (χ0v) is 30.2. The quantitative estimate of drug-likeness (QED) is 0.168. The zero-order chi connectivity index (χ0) is 36.2. The molecule has 0 fully saturated rings. The first-order valence-corrected chi connectivity index (χ1v) is 18.6. The molecule has 0 aliphatic heterocycles. The van der Waals surface area contributed by atoms with Crippen molar-refractivity contribution < 1.29 is 0 Å². The van der Waals surface area contributed by atoms with Crippen molar-refractivity contribution in [3.8, 4) is 28.2 Å². The number of fused-ring (bicyclic) bond motifs is 10. The van der Waals surface area contributed by atoms with Gasteiger partial charge in [0.25, 0.3) is 0 Å². The molecule has 2 aromatic heterocycles. The lowest BCUT2D eigenvalue weighted by Gasteiger charge is -2.37. The average molecular weight is 692 g/mol. The molecule has 2 bridgehead atoms. The smallest absolute Gasteiger partial charge is 0.234 e. The van der Waals surface area contributed by atoms with E-state index in [1.807, 2.05) is 30.6 Å². The van der Waals surface area contributed by atoms with Gasteiger partial charge in [-0.2, -0.15) is 0 Å². The molecule has 0 spiro atoms. The summed E-state index contributed by atoms with van der Waals surface area (Å²) in [6, 6.07) is 41.7. The highest BCUT2D eigenvalue weighted by atomic mass is 15.1. The van der Waals surface area contributed by atoms with Crippen LogP contribution in [0.4, 0.5) is 0 Å². The van der Waals surface area contributed by atoms with Crippen molar-refractivity contribution >= 4 is 49.4 Å². The van der Waals surface area contributed by atoms with Crippen molar-refractivity contribution in [2.45, 2.75) is 19.3 Å². The molecule has 0 N–H and O–H groups in total. The SMILES string of the molecule is C/C=C\c1cc(-c2ccc3c(c2)c2c4ccccc4c4ccccc4c2n3-c2ncc(-c3ccccc3)cn2)ccc1C1(C)C2=CC=CC=CC1=CC=C2. The molecule has 0 radical (unpaired) electrons. The third-order valence-corrected chi connectivity index (χ3v) is 11.3. The summed E-state index contributed by atoms with van der Waals surface area (Å²) in [5.41, 5.74) is 11.4. The minimum Gasteiger partial charge on any atom is -0.277 e. The van der Waals surface area contributed by atoms with E-state index in [4.69, 9.17) is 9.97 Å². The Hall–Kier alpha value is -6.84. The molecule has 6 aromatic carbocycles. The molecule has 54 heavy (non-hydrogen) atoms. The summed E-state index contributed by atoms with van der Waals surface area (Å²) in [6.45, 7) is 4.45. The van der Waals surface area contributed by atoms with Gasteiger partial charge in [0.1, 0.15) is 0 Å². The first-order valence-electron chi connectivity index (χ1n) is 18.6. The molecule has 2 aliphatic carbocycles. The minimum atomic E-state index is -0.281. The number of hydrogen-bond acceptors (Lipinski definition) is 2. The maximum Gasteiger partial charge on any atom is 0.234 e. The van der Waals surface area contributed by atoms with Gasteiger partial charge in [0, 0.05) is 39.5 Å². The number of nitrogens with zero attached hydrogens (tertiary/aromatic N) is 3. The summed E-state index contributed by atoms with van der Waals surface area (Å²) in [4.78, 5) is 10.0. The molecule has 3 nitrogen and oxygen atoms in total. The van der Waals surface area contributed by atoms with Gasteiger partial charge in [0.2, 0.25) is 5.95 Å². The van der Waals surface area contributed by atoms with Crippen LogP contribution in [0.2, 0.25) is 0 Å². The Morgan fingerprint density at radius 2 is 1.20 bits per heavy atom. The first-order chi connectivity index (χ1) is 26.6. The lowest BCUT2D eigenvalue weighted by atomic mass is 9.66. The number of benzene rings is 6. The van der Waals surface area contributed by atoms with Gasteiger partial charge in [0.05, 0.1) is 11.0 Å². The molecule has 0 amide bonds. The van der Waals surface area contributed by atoms with Crippen molar-refractivity contribution in [2.24, 2.45) is 0 Å². The molecular formula is C51H37N3. The maximum atomic E-state index is 5.02. The van der Waals surface area contributed by atoms with Crippen LogP contribution in [-0.4, -0.2) is 14.5 Å². The number of hydrogen-bond donors (Lipinski definition) is 0. The van der Waals surface area contributed by atoms with Crippen LogP contribution in [0.15, 0.2) is 193 Å². The predicted molar refractivity (Wildman–Crippen MR) is 228 cm³/mol. The Kier molecular flexibility index (Phi) is 7.48. The summed E-state index contributed by atoms with van der Waals surface area (Å²) in [5.74, 6) is 0.655. The molecule has 10 rings (SSSR count). The Morgan fingerprint density at radius 3 is 1.98 bits per heavy atom. The van der Waals surface area contributed by atoms with Crippen LogP contribution in [0.25, 0.3) is 77.6 Å². The van der Waals surface area contributed by atoms with Gasteiger partial charge in [-0.25, -0.2) is 9.97 Å². The van der Waals surface area contributed by atoms with Gasteiger partial charge < -0.3 is 0 Å². The molecule has 1 unspecified atom stereocenters. The van der Waals surface area contributed by atoms with E-state index in [9.17, 15) is 0 Å². The summed E-state index contributed by atoms with van der Waals surface area (Å²) < 4.78 is 2.26.